The van der Waals surface area contributed by atoms with Gasteiger partial charge < -0.3 is 41.8 Å². The molecular formula is C24H39BN6O6. The molecule has 1 aliphatic rings. The van der Waals surface area contributed by atoms with E-state index in [0.717, 1.165) is 5.56 Å². The molecule has 0 radical (unpaired) electrons. The Morgan fingerprint density at radius 3 is 2.46 bits per heavy atom. The van der Waals surface area contributed by atoms with Crippen molar-refractivity contribution in [2.75, 3.05) is 13.1 Å². The summed E-state index contributed by atoms with van der Waals surface area (Å²) in [6.07, 6.45) is 1.11. The lowest BCUT2D eigenvalue weighted by Crippen LogP contribution is -2.57. The van der Waals surface area contributed by atoms with Crippen molar-refractivity contribution in [2.24, 2.45) is 16.5 Å². The highest BCUT2D eigenvalue weighted by Gasteiger charge is 2.39. The van der Waals surface area contributed by atoms with E-state index >= 15 is 0 Å². The number of alkyl carbamates (subject to hydrolysis) is 1. The number of benzene rings is 1. The Balaban J connectivity index is 2.13. The fourth-order valence-corrected chi connectivity index (χ4v) is 4.10. The first kappa shape index (κ1) is 29.9. The van der Waals surface area contributed by atoms with Crippen LogP contribution in [0.3, 0.4) is 0 Å². The van der Waals surface area contributed by atoms with Crippen molar-refractivity contribution in [2.45, 2.75) is 76.5 Å². The van der Waals surface area contributed by atoms with Crippen LogP contribution >= 0.6 is 0 Å². The van der Waals surface area contributed by atoms with Crippen molar-refractivity contribution in [3.8, 4) is 0 Å². The predicted molar refractivity (Wildman–Crippen MR) is 140 cm³/mol. The third-order valence-corrected chi connectivity index (χ3v) is 5.77. The van der Waals surface area contributed by atoms with Gasteiger partial charge in [0, 0.05) is 19.5 Å². The van der Waals surface area contributed by atoms with Crippen molar-refractivity contribution in [1.29, 1.82) is 0 Å². The quantitative estimate of drug-likeness (QED) is 0.0992. The molecule has 3 atom stereocenters. The number of amides is 3. The summed E-state index contributed by atoms with van der Waals surface area (Å²) in [6.45, 7) is 5.78. The van der Waals surface area contributed by atoms with Gasteiger partial charge in [-0.05, 0) is 52.0 Å². The van der Waals surface area contributed by atoms with Crippen molar-refractivity contribution in [3.63, 3.8) is 0 Å². The summed E-state index contributed by atoms with van der Waals surface area (Å²) in [6, 6.07) is 7.45. The molecule has 1 aromatic rings. The lowest BCUT2D eigenvalue weighted by atomic mass is 9.76. The van der Waals surface area contributed by atoms with Gasteiger partial charge in [-0.15, -0.1) is 0 Å². The molecule has 3 amide bonds. The van der Waals surface area contributed by atoms with Gasteiger partial charge in [0.25, 0.3) is 0 Å². The first-order chi connectivity index (χ1) is 17.4. The molecule has 12 nitrogen and oxygen atoms in total. The highest BCUT2D eigenvalue weighted by Crippen LogP contribution is 2.21. The maximum absolute atomic E-state index is 13.6. The number of carbonyl (C=O) groups excluding carboxylic acids is 3. The van der Waals surface area contributed by atoms with E-state index in [2.05, 4.69) is 15.6 Å². The normalized spacial score (nSPS) is 16.9. The largest absolute Gasteiger partial charge is 0.475 e. The number of ether oxygens (including phenoxy) is 1. The number of hydrogen-bond acceptors (Lipinski definition) is 7. The number of aliphatic imine (C=N–C) groups is 1. The van der Waals surface area contributed by atoms with Crippen LogP contribution in [-0.4, -0.2) is 82.6 Å². The molecule has 1 unspecified atom stereocenters. The Morgan fingerprint density at radius 1 is 1.19 bits per heavy atom. The van der Waals surface area contributed by atoms with Crippen LogP contribution in [0.4, 0.5) is 4.79 Å². The number of nitrogens with zero attached hydrogens (tertiary/aromatic N) is 2. The van der Waals surface area contributed by atoms with Crippen molar-refractivity contribution in [3.05, 3.63) is 35.9 Å². The monoisotopic (exact) mass is 518 g/mol. The van der Waals surface area contributed by atoms with Gasteiger partial charge >= 0.3 is 13.2 Å². The molecule has 204 valence electrons. The average Bonchev–Trinajstić information content (AvgIpc) is 3.29. The van der Waals surface area contributed by atoms with Crippen molar-refractivity contribution in [1.82, 2.24) is 15.5 Å². The number of guanidine groups is 1. The Kier molecular flexibility index (Phi) is 11.2. The summed E-state index contributed by atoms with van der Waals surface area (Å²) < 4.78 is 5.35. The Bertz CT molecular complexity index is 935. The summed E-state index contributed by atoms with van der Waals surface area (Å²) in [5, 5.41) is 24.8. The summed E-state index contributed by atoms with van der Waals surface area (Å²) in [4.78, 5) is 44.5. The third kappa shape index (κ3) is 10.3. The van der Waals surface area contributed by atoms with E-state index in [9.17, 15) is 24.4 Å². The topological polar surface area (TPSA) is 193 Å². The lowest BCUT2D eigenvalue weighted by Gasteiger charge is -2.30. The summed E-state index contributed by atoms with van der Waals surface area (Å²) in [5.74, 6) is -1.95. The molecular weight excluding hydrogens is 479 g/mol. The summed E-state index contributed by atoms with van der Waals surface area (Å²) in [5.41, 5.74) is 10.7. The zero-order chi connectivity index (χ0) is 27.6. The van der Waals surface area contributed by atoms with Gasteiger partial charge in [-0.1, -0.05) is 30.3 Å². The molecule has 0 bridgehead atoms. The van der Waals surface area contributed by atoms with Gasteiger partial charge in [-0.25, -0.2) is 4.79 Å². The molecule has 2 rings (SSSR count). The highest BCUT2D eigenvalue weighted by molar-refractivity contribution is 6.43. The van der Waals surface area contributed by atoms with E-state index in [1.165, 1.54) is 4.90 Å². The Labute approximate surface area is 218 Å². The number of rotatable bonds is 11. The van der Waals surface area contributed by atoms with Crippen LogP contribution in [0.5, 0.6) is 0 Å². The van der Waals surface area contributed by atoms with Crippen LogP contribution < -0.4 is 22.1 Å². The van der Waals surface area contributed by atoms with E-state index in [4.69, 9.17) is 16.2 Å². The van der Waals surface area contributed by atoms with Gasteiger partial charge in [0.15, 0.2) is 5.96 Å². The first-order valence-corrected chi connectivity index (χ1v) is 12.4. The molecule has 0 spiro atoms. The molecule has 37 heavy (non-hydrogen) atoms. The van der Waals surface area contributed by atoms with Crippen molar-refractivity contribution >= 4 is 31.0 Å². The van der Waals surface area contributed by atoms with Crippen LogP contribution in [0.15, 0.2) is 35.3 Å². The van der Waals surface area contributed by atoms with Crippen LogP contribution in [0.1, 0.15) is 52.0 Å². The minimum absolute atomic E-state index is 0.0738. The molecule has 0 saturated carbocycles. The zero-order valence-electron chi connectivity index (χ0n) is 21.7. The van der Waals surface area contributed by atoms with Gasteiger partial charge in [-0.3, -0.25) is 14.6 Å². The molecule has 1 aliphatic heterocycles. The lowest BCUT2D eigenvalue weighted by molar-refractivity contribution is -0.140. The average molecular weight is 518 g/mol. The molecule has 0 aliphatic carbocycles. The number of hydrogen-bond donors (Lipinski definition) is 6. The molecule has 1 heterocycles. The van der Waals surface area contributed by atoms with Gasteiger partial charge in [0.2, 0.25) is 11.8 Å². The van der Waals surface area contributed by atoms with Crippen molar-refractivity contribution < 1.29 is 29.2 Å². The van der Waals surface area contributed by atoms with E-state index in [-0.39, 0.29) is 25.3 Å². The smallest absolute Gasteiger partial charge is 0.444 e. The highest BCUT2D eigenvalue weighted by atomic mass is 16.6. The van der Waals surface area contributed by atoms with Crippen LogP contribution in [0, 0.1) is 0 Å². The third-order valence-electron chi connectivity index (χ3n) is 5.77. The van der Waals surface area contributed by atoms with E-state index in [1.54, 1.807) is 20.8 Å². The molecule has 13 heteroatoms. The number of nitrogens with one attached hydrogen (secondary N) is 2. The second-order valence-corrected chi connectivity index (χ2v) is 10.1. The van der Waals surface area contributed by atoms with Crippen LogP contribution in [0.25, 0.3) is 0 Å². The Morgan fingerprint density at radius 2 is 1.86 bits per heavy atom. The predicted octanol–water partition coefficient (Wildman–Crippen LogP) is -0.336. The maximum Gasteiger partial charge on any atom is 0.475 e. The van der Waals surface area contributed by atoms with Gasteiger partial charge in [-0.2, -0.15) is 0 Å². The summed E-state index contributed by atoms with van der Waals surface area (Å²) in [7, 11) is -1.80. The summed E-state index contributed by atoms with van der Waals surface area (Å²) >= 11 is 0. The van der Waals surface area contributed by atoms with Gasteiger partial charge in [0.05, 0.1) is 5.94 Å². The Hall–Kier alpha value is -3.32. The molecule has 1 aromatic carbocycles. The molecule has 1 fully saturated rings. The van der Waals surface area contributed by atoms with Crippen LogP contribution in [0.2, 0.25) is 0 Å². The molecule has 0 aromatic heterocycles. The fraction of sp³-hybridized carbons (Fsp3) is 0.583. The minimum Gasteiger partial charge on any atom is -0.444 e. The molecule has 1 saturated heterocycles. The fourth-order valence-electron chi connectivity index (χ4n) is 4.10. The number of likely N-dealkylation sites (tertiary alicyclic amines) is 1. The van der Waals surface area contributed by atoms with E-state index in [1.807, 2.05) is 30.3 Å². The zero-order valence-corrected chi connectivity index (χ0v) is 21.7. The standard InChI is InChI=1S/C24H39BN6O6/c1-24(2,3)37-23(34)29-17(15-16-9-5-4-6-10-16)21(33)31-14-8-11-18(31)20(32)30-19(25(35)36)12-7-13-28-22(26)27/h4-6,9-10,17-19,35-36H,7-8,11-15H2,1-3H3,(H,29,34)(H,30,32)(H4,26,27,28)/t17-,18+,19?/m1/s1. The maximum atomic E-state index is 13.6. The van der Waals surface area contributed by atoms with E-state index < -0.39 is 48.7 Å². The van der Waals surface area contributed by atoms with Gasteiger partial charge in [0.1, 0.15) is 17.7 Å². The second kappa shape index (κ2) is 13.8. The minimum atomic E-state index is -1.80. The number of nitrogens with two attached hydrogens (primary N) is 2. The SMILES string of the molecule is CC(C)(C)OC(=O)N[C@H](Cc1ccccc1)C(=O)N1CCC[C@H]1C(=O)NC(CCCN=C(N)N)B(O)O. The number of carbonyl (C=O) groups is 3. The van der Waals surface area contributed by atoms with Crippen LogP contribution in [-0.2, 0) is 20.7 Å². The second-order valence-electron chi connectivity index (χ2n) is 10.1. The van der Waals surface area contributed by atoms with E-state index in [0.29, 0.717) is 25.8 Å². The molecule has 8 N–H and O–H groups in total. The first-order valence-electron chi connectivity index (χ1n) is 12.4.